The molecular formula is C34H34IrN2Si-2. The Morgan fingerprint density at radius 2 is 1.21 bits per heavy atom. The second-order valence-corrected chi connectivity index (χ2v) is 15.5. The Labute approximate surface area is 242 Å². The summed E-state index contributed by atoms with van der Waals surface area (Å²) < 4.78 is 0. The molecule has 0 aliphatic carbocycles. The Bertz CT molecular complexity index is 1340. The normalized spacial score (nSPS) is 10.8. The van der Waals surface area contributed by atoms with Crippen LogP contribution in [0.25, 0.3) is 33.6 Å². The van der Waals surface area contributed by atoms with Gasteiger partial charge in [0.05, 0.1) is 8.07 Å². The smallest absolute Gasteiger partial charge is 0.0799 e. The fourth-order valence-corrected chi connectivity index (χ4v) is 5.86. The largest absolute Gasteiger partial charge is 0.305 e. The van der Waals surface area contributed by atoms with Crippen molar-refractivity contribution in [3.8, 4) is 33.6 Å². The molecule has 0 saturated carbocycles. The van der Waals surface area contributed by atoms with Crippen LogP contribution in [0, 0.1) is 12.1 Å². The van der Waals surface area contributed by atoms with E-state index < -0.39 is 8.07 Å². The van der Waals surface area contributed by atoms with E-state index >= 15 is 0 Å². The molecule has 5 aromatic rings. The number of benzene rings is 3. The molecule has 0 amide bonds. The minimum absolute atomic E-state index is 0. The Kier molecular flexibility index (Phi) is 10.5. The summed E-state index contributed by atoms with van der Waals surface area (Å²) >= 11 is 0. The molecular weight excluding hydrogens is 657 g/mol. The monoisotopic (exact) mass is 691 g/mol. The van der Waals surface area contributed by atoms with Crippen LogP contribution in [0.4, 0.5) is 0 Å². The summed E-state index contributed by atoms with van der Waals surface area (Å²) in [5.41, 5.74) is 7.86. The first-order chi connectivity index (χ1) is 17.8. The Morgan fingerprint density at radius 1 is 0.632 bits per heavy atom. The molecule has 3 aromatic carbocycles. The van der Waals surface area contributed by atoms with Crippen molar-refractivity contribution in [1.82, 2.24) is 9.97 Å². The van der Waals surface area contributed by atoms with Crippen LogP contribution < -0.4 is 5.19 Å². The van der Waals surface area contributed by atoms with Gasteiger partial charge in [-0.25, -0.2) is 0 Å². The molecule has 0 spiro atoms. The third-order valence-electron chi connectivity index (χ3n) is 6.21. The van der Waals surface area contributed by atoms with Gasteiger partial charge >= 0.3 is 0 Å². The van der Waals surface area contributed by atoms with Gasteiger partial charge in [0.1, 0.15) is 0 Å². The van der Waals surface area contributed by atoms with E-state index in [1.54, 1.807) is 0 Å². The fraction of sp³-hybridized carbons (Fsp3) is 0.176. The van der Waals surface area contributed by atoms with E-state index in [-0.39, 0.29) is 20.1 Å². The summed E-state index contributed by atoms with van der Waals surface area (Å²) in [4.78, 5) is 9.16. The zero-order valence-electron chi connectivity index (χ0n) is 22.7. The molecule has 38 heavy (non-hydrogen) atoms. The number of hydrogen-bond acceptors (Lipinski definition) is 2. The number of pyridine rings is 2. The van der Waals surface area contributed by atoms with Gasteiger partial charge in [0, 0.05) is 32.5 Å². The van der Waals surface area contributed by atoms with E-state index in [1.807, 2.05) is 72.9 Å². The van der Waals surface area contributed by atoms with Crippen molar-refractivity contribution in [2.75, 3.05) is 0 Å². The number of hydrogen-bond donors (Lipinski definition) is 0. The van der Waals surface area contributed by atoms with E-state index in [0.29, 0.717) is 5.92 Å². The summed E-state index contributed by atoms with van der Waals surface area (Å²) in [6, 6.07) is 39.0. The quantitative estimate of drug-likeness (QED) is 0.137. The van der Waals surface area contributed by atoms with Crippen LogP contribution in [0.15, 0.2) is 109 Å². The third-order valence-corrected chi connectivity index (χ3v) is 8.24. The second-order valence-electron chi connectivity index (χ2n) is 10.4. The van der Waals surface area contributed by atoms with E-state index in [9.17, 15) is 0 Å². The Balaban J connectivity index is 0.000000205. The van der Waals surface area contributed by atoms with Gasteiger partial charge in [0.15, 0.2) is 0 Å². The van der Waals surface area contributed by atoms with Crippen LogP contribution >= 0.6 is 0 Å². The summed E-state index contributed by atoms with van der Waals surface area (Å²) in [5.74, 6) is 0.534. The van der Waals surface area contributed by atoms with Gasteiger partial charge in [-0.1, -0.05) is 87.6 Å². The summed E-state index contributed by atoms with van der Waals surface area (Å²) in [6.45, 7) is 11.7. The van der Waals surface area contributed by atoms with Crippen LogP contribution in [0.1, 0.15) is 25.3 Å². The summed E-state index contributed by atoms with van der Waals surface area (Å²) in [5, 5.41) is 1.47. The first-order valence-corrected chi connectivity index (χ1v) is 16.3. The SMILES string of the molecule is CC(C)c1cc(-c2[c-]cccc2)ncc1[Si](C)(C)C.[Ir].[c-]1ccccc1-c1ccc(-c2ccccc2)cn1. The first-order valence-electron chi connectivity index (χ1n) is 12.8. The van der Waals surface area contributed by atoms with Crippen LogP contribution in [-0.4, -0.2) is 18.0 Å². The molecule has 5 rings (SSSR count). The van der Waals surface area contributed by atoms with E-state index in [2.05, 4.69) is 92.1 Å². The van der Waals surface area contributed by atoms with Crippen LogP contribution in [-0.2, 0) is 20.1 Å². The molecule has 0 unspecified atom stereocenters. The standard InChI is InChI=1S/C17H22NSi.C17H12N.Ir/c1-13(2)15-11-16(14-9-7-6-8-10-14)18-12-17(15)19(3,4)5;1-3-7-14(8-4-1)16-11-12-17(18-13-16)15-9-5-2-6-10-15;/h6-9,11-13H,1-5H3;1-9,11-13H;/q2*-1;. The van der Waals surface area contributed by atoms with Gasteiger partial charge in [-0.15, -0.1) is 71.8 Å². The van der Waals surface area contributed by atoms with Crippen LogP contribution in [0.2, 0.25) is 19.6 Å². The minimum Gasteiger partial charge on any atom is -0.305 e. The van der Waals surface area contributed by atoms with Crippen molar-refractivity contribution in [2.45, 2.75) is 39.4 Å². The third kappa shape index (κ3) is 7.67. The van der Waals surface area contributed by atoms with E-state index in [4.69, 9.17) is 0 Å². The van der Waals surface area contributed by atoms with Gasteiger partial charge in [0.2, 0.25) is 0 Å². The van der Waals surface area contributed by atoms with Gasteiger partial charge < -0.3 is 9.97 Å². The predicted octanol–water partition coefficient (Wildman–Crippen LogP) is 8.43. The van der Waals surface area contributed by atoms with Crippen molar-refractivity contribution in [2.24, 2.45) is 0 Å². The molecule has 0 fully saturated rings. The molecule has 0 N–H and O–H groups in total. The zero-order chi connectivity index (χ0) is 26.3. The summed E-state index contributed by atoms with van der Waals surface area (Å²) in [7, 11) is -1.34. The molecule has 2 aromatic heterocycles. The predicted molar refractivity (Wildman–Crippen MR) is 160 cm³/mol. The van der Waals surface area contributed by atoms with Crippen molar-refractivity contribution in [1.29, 1.82) is 0 Å². The molecule has 0 atom stereocenters. The van der Waals surface area contributed by atoms with E-state index in [0.717, 1.165) is 28.1 Å². The molecule has 1 radical (unpaired) electrons. The van der Waals surface area contributed by atoms with Crippen LogP contribution in [0.5, 0.6) is 0 Å². The molecule has 0 saturated heterocycles. The Morgan fingerprint density at radius 3 is 1.71 bits per heavy atom. The Hall–Kier alpha value is -3.17. The van der Waals surface area contributed by atoms with Gasteiger partial charge in [-0.05, 0) is 33.6 Å². The van der Waals surface area contributed by atoms with Crippen LogP contribution in [0.3, 0.4) is 0 Å². The fourth-order valence-electron chi connectivity index (χ4n) is 4.18. The van der Waals surface area contributed by atoms with Crippen molar-refractivity contribution < 1.29 is 20.1 Å². The van der Waals surface area contributed by atoms with Crippen molar-refractivity contribution in [3.05, 3.63) is 127 Å². The molecule has 2 heterocycles. The van der Waals surface area contributed by atoms with Crippen molar-refractivity contribution >= 4 is 13.3 Å². The molecule has 0 aliphatic heterocycles. The molecule has 0 aliphatic rings. The molecule has 0 bridgehead atoms. The second kappa shape index (κ2) is 13.6. The summed E-state index contributed by atoms with van der Waals surface area (Å²) in [6.07, 6.45) is 4.00. The molecule has 2 nitrogen and oxygen atoms in total. The van der Waals surface area contributed by atoms with Gasteiger partial charge in [-0.3, -0.25) is 0 Å². The minimum atomic E-state index is -1.34. The first kappa shape index (κ1) is 29.4. The average Bonchev–Trinajstić information content (AvgIpc) is 2.94. The van der Waals surface area contributed by atoms with Gasteiger partial charge in [-0.2, -0.15) is 0 Å². The zero-order valence-corrected chi connectivity index (χ0v) is 26.1. The number of rotatable bonds is 5. The van der Waals surface area contributed by atoms with Gasteiger partial charge in [0.25, 0.3) is 0 Å². The number of aromatic nitrogens is 2. The molecule has 195 valence electrons. The topological polar surface area (TPSA) is 25.8 Å². The van der Waals surface area contributed by atoms with Crippen molar-refractivity contribution in [3.63, 3.8) is 0 Å². The number of nitrogens with zero attached hydrogens (tertiary/aromatic N) is 2. The van der Waals surface area contributed by atoms with E-state index in [1.165, 1.54) is 16.3 Å². The average molecular weight is 691 g/mol. The maximum absolute atomic E-state index is 4.66. The molecule has 4 heteroatoms. The maximum Gasteiger partial charge on any atom is 0.0799 e. The maximum atomic E-state index is 4.66.